The Morgan fingerprint density at radius 2 is 2.09 bits per heavy atom. The number of hydrogen-bond donors (Lipinski definition) is 2. The average Bonchev–Trinajstić information content (AvgIpc) is 3.18. The molecule has 2 N–H and O–H groups in total. The Hall–Kier alpha value is -1.99. The van der Waals surface area contributed by atoms with Crippen LogP contribution in [0.1, 0.15) is 12.1 Å². The molecule has 0 spiro atoms. The van der Waals surface area contributed by atoms with Crippen LogP contribution < -0.4 is 15.5 Å². The number of carbonyl (C=O) groups is 1. The summed E-state index contributed by atoms with van der Waals surface area (Å²) in [6.45, 7) is 1.85. The second kappa shape index (κ2) is 6.02. The molecule has 1 saturated carbocycles. The van der Waals surface area contributed by atoms with E-state index < -0.39 is 24.0 Å². The van der Waals surface area contributed by atoms with Crippen molar-refractivity contribution in [1.82, 2.24) is 10.3 Å². The van der Waals surface area contributed by atoms with Crippen molar-refractivity contribution in [2.75, 3.05) is 30.9 Å². The minimum absolute atomic E-state index is 0.0204. The van der Waals surface area contributed by atoms with Gasteiger partial charge in [-0.05, 0) is 31.4 Å². The first-order valence-electron chi connectivity index (χ1n) is 6.95. The van der Waals surface area contributed by atoms with Gasteiger partial charge in [0.1, 0.15) is 0 Å². The molecule has 1 aliphatic carbocycles. The Morgan fingerprint density at radius 1 is 1.41 bits per heavy atom. The van der Waals surface area contributed by atoms with Crippen molar-refractivity contribution in [3.63, 3.8) is 0 Å². The summed E-state index contributed by atoms with van der Waals surface area (Å²) >= 11 is 0. The number of nitrogens with zero attached hydrogens (tertiary/aromatic N) is 2. The summed E-state index contributed by atoms with van der Waals surface area (Å²) in [5.41, 5.74) is 1.32. The summed E-state index contributed by atoms with van der Waals surface area (Å²) < 4.78 is 37.2. The van der Waals surface area contributed by atoms with Crippen LogP contribution in [0.15, 0.2) is 12.1 Å². The van der Waals surface area contributed by atoms with E-state index in [-0.39, 0.29) is 13.0 Å². The van der Waals surface area contributed by atoms with E-state index in [1.165, 1.54) is 0 Å². The first-order valence-corrected chi connectivity index (χ1v) is 6.95. The van der Waals surface area contributed by atoms with Gasteiger partial charge < -0.3 is 15.5 Å². The molecule has 0 aliphatic heterocycles. The molecule has 0 radical (unpaired) electrons. The molecule has 2 amide bonds. The highest BCUT2D eigenvalue weighted by molar-refractivity contribution is 5.92. The molecule has 0 aromatic carbocycles. The number of carbonyl (C=O) groups excluding carboxylic acids is 1. The molecule has 2 atom stereocenters. The highest BCUT2D eigenvalue weighted by Gasteiger charge is 2.55. The van der Waals surface area contributed by atoms with Crippen LogP contribution in [0.3, 0.4) is 0 Å². The van der Waals surface area contributed by atoms with Gasteiger partial charge in [-0.25, -0.2) is 9.78 Å². The SMILES string of the molecule is Cc1ccc(NC(=O)NC[C@@H]2C[C@H]2C(F)(F)F)c(N(C)C)n1. The zero-order valence-electron chi connectivity index (χ0n) is 12.7. The van der Waals surface area contributed by atoms with Crippen LogP contribution in [-0.2, 0) is 0 Å². The lowest BCUT2D eigenvalue weighted by Crippen LogP contribution is -2.32. The van der Waals surface area contributed by atoms with E-state index in [0.29, 0.717) is 11.5 Å². The first kappa shape index (κ1) is 16.4. The summed E-state index contributed by atoms with van der Waals surface area (Å²) in [6.07, 6.45) is -4.08. The Kier molecular flexibility index (Phi) is 4.48. The number of hydrogen-bond acceptors (Lipinski definition) is 3. The smallest absolute Gasteiger partial charge is 0.361 e. The van der Waals surface area contributed by atoms with Crippen LogP contribution in [0.5, 0.6) is 0 Å². The van der Waals surface area contributed by atoms with Crippen molar-refractivity contribution in [3.05, 3.63) is 17.8 Å². The largest absolute Gasteiger partial charge is 0.392 e. The number of urea groups is 1. The zero-order valence-corrected chi connectivity index (χ0v) is 12.7. The maximum atomic E-state index is 12.4. The fourth-order valence-electron chi connectivity index (χ4n) is 2.25. The molecule has 0 saturated heterocycles. The minimum Gasteiger partial charge on any atom is -0.361 e. The number of rotatable bonds is 4. The fourth-order valence-corrected chi connectivity index (χ4v) is 2.25. The third-order valence-electron chi connectivity index (χ3n) is 3.55. The maximum Gasteiger partial charge on any atom is 0.392 e. The van der Waals surface area contributed by atoms with Crippen molar-refractivity contribution in [3.8, 4) is 0 Å². The molecule has 0 unspecified atom stereocenters. The summed E-state index contributed by atoms with van der Waals surface area (Å²) in [5.74, 6) is -1.21. The molecular weight excluding hydrogens is 297 g/mol. The number of aromatic nitrogens is 1. The Labute approximate surface area is 126 Å². The van der Waals surface area contributed by atoms with Crippen LogP contribution in [-0.4, -0.2) is 37.8 Å². The first-order chi connectivity index (χ1) is 10.2. The Bertz CT molecular complexity index is 560. The molecule has 8 heteroatoms. The fraction of sp³-hybridized carbons (Fsp3) is 0.571. The standard InChI is InChI=1S/C14H19F3N4O/c1-8-4-5-11(12(19-8)21(2)3)20-13(22)18-7-9-6-10(9)14(15,16)17/h4-5,9-10H,6-7H2,1-3H3,(H2,18,20,22)/t9-,10+/m0/s1. The maximum absolute atomic E-state index is 12.4. The van der Waals surface area contributed by atoms with Gasteiger partial charge in [-0.3, -0.25) is 0 Å². The number of halogens is 3. The molecule has 0 bridgehead atoms. The van der Waals surface area contributed by atoms with Gasteiger partial charge in [-0.15, -0.1) is 0 Å². The lowest BCUT2D eigenvalue weighted by atomic mass is 10.3. The number of alkyl halides is 3. The number of nitrogens with one attached hydrogen (secondary N) is 2. The summed E-state index contributed by atoms with van der Waals surface area (Å²) in [5, 5.41) is 5.10. The van der Waals surface area contributed by atoms with Gasteiger partial charge in [-0.2, -0.15) is 13.2 Å². The van der Waals surface area contributed by atoms with E-state index in [2.05, 4.69) is 15.6 Å². The normalized spacial score (nSPS) is 20.5. The number of pyridine rings is 1. The monoisotopic (exact) mass is 316 g/mol. The third kappa shape index (κ3) is 4.02. The van der Waals surface area contributed by atoms with Crippen molar-refractivity contribution in [2.24, 2.45) is 11.8 Å². The van der Waals surface area contributed by atoms with Gasteiger partial charge in [0.2, 0.25) is 0 Å². The van der Waals surface area contributed by atoms with Crippen LogP contribution in [0, 0.1) is 18.8 Å². The molecule has 2 rings (SSSR count). The Balaban J connectivity index is 1.88. The molecule has 1 aromatic rings. The van der Waals surface area contributed by atoms with E-state index in [1.54, 1.807) is 31.1 Å². The van der Waals surface area contributed by atoms with Gasteiger partial charge in [0.05, 0.1) is 11.6 Å². The van der Waals surface area contributed by atoms with Crippen LogP contribution in [0.25, 0.3) is 0 Å². The van der Waals surface area contributed by atoms with Gasteiger partial charge in [0.15, 0.2) is 5.82 Å². The zero-order chi connectivity index (χ0) is 16.5. The minimum atomic E-state index is -4.16. The molecule has 22 heavy (non-hydrogen) atoms. The predicted molar refractivity (Wildman–Crippen MR) is 78.0 cm³/mol. The van der Waals surface area contributed by atoms with E-state index >= 15 is 0 Å². The lowest BCUT2D eigenvalue weighted by Gasteiger charge is -2.17. The second-order valence-electron chi connectivity index (χ2n) is 5.70. The average molecular weight is 316 g/mol. The predicted octanol–water partition coefficient (Wildman–Crippen LogP) is 2.78. The van der Waals surface area contributed by atoms with Gasteiger partial charge in [0, 0.05) is 26.3 Å². The van der Waals surface area contributed by atoms with Gasteiger partial charge in [0.25, 0.3) is 0 Å². The lowest BCUT2D eigenvalue weighted by molar-refractivity contribution is -0.150. The highest BCUT2D eigenvalue weighted by Crippen LogP contribution is 2.49. The topological polar surface area (TPSA) is 57.3 Å². The quantitative estimate of drug-likeness (QED) is 0.898. The molecule has 122 valence electrons. The number of anilines is 2. The molecule has 1 aromatic heterocycles. The molecule has 5 nitrogen and oxygen atoms in total. The van der Waals surface area contributed by atoms with E-state index in [4.69, 9.17) is 0 Å². The third-order valence-corrected chi connectivity index (χ3v) is 3.55. The van der Waals surface area contributed by atoms with E-state index in [0.717, 1.165) is 5.69 Å². The van der Waals surface area contributed by atoms with Crippen molar-refractivity contribution in [1.29, 1.82) is 0 Å². The second-order valence-corrected chi connectivity index (χ2v) is 5.70. The summed E-state index contributed by atoms with van der Waals surface area (Å²) in [7, 11) is 3.59. The van der Waals surface area contributed by atoms with Crippen molar-refractivity contribution >= 4 is 17.5 Å². The highest BCUT2D eigenvalue weighted by atomic mass is 19.4. The Morgan fingerprint density at radius 3 is 2.64 bits per heavy atom. The van der Waals surface area contributed by atoms with Gasteiger partial charge >= 0.3 is 12.2 Å². The van der Waals surface area contributed by atoms with Crippen LogP contribution in [0.2, 0.25) is 0 Å². The van der Waals surface area contributed by atoms with Gasteiger partial charge in [-0.1, -0.05) is 0 Å². The van der Waals surface area contributed by atoms with Crippen LogP contribution in [0.4, 0.5) is 29.5 Å². The molecule has 1 fully saturated rings. The van der Waals surface area contributed by atoms with E-state index in [1.807, 2.05) is 6.92 Å². The number of amides is 2. The van der Waals surface area contributed by atoms with Crippen molar-refractivity contribution < 1.29 is 18.0 Å². The molecule has 1 aliphatic rings. The molecular formula is C14H19F3N4O. The van der Waals surface area contributed by atoms with E-state index in [9.17, 15) is 18.0 Å². The summed E-state index contributed by atoms with van der Waals surface area (Å²) in [4.78, 5) is 17.9. The molecule has 1 heterocycles. The summed E-state index contributed by atoms with van der Waals surface area (Å²) in [6, 6.07) is 2.94. The number of aryl methyl sites for hydroxylation is 1. The van der Waals surface area contributed by atoms with Crippen molar-refractivity contribution in [2.45, 2.75) is 19.5 Å². The van der Waals surface area contributed by atoms with Crippen LogP contribution >= 0.6 is 0 Å².